The number of fused-ring (bicyclic) bond motifs is 1. The number of rotatable bonds is 6. The van der Waals surface area contributed by atoms with Crippen LogP contribution in [0.15, 0.2) is 53.5 Å². The first-order valence-corrected chi connectivity index (χ1v) is 9.44. The van der Waals surface area contributed by atoms with E-state index in [0.29, 0.717) is 16.8 Å². The molecule has 9 heteroatoms. The number of H-pyrrole nitrogens is 1. The summed E-state index contributed by atoms with van der Waals surface area (Å²) >= 11 is 0. The molecule has 0 atom stereocenters. The molecule has 0 saturated carbocycles. The lowest BCUT2D eigenvalue weighted by Crippen LogP contribution is -2.36. The molecule has 2 N–H and O–H groups in total. The number of amides is 1. The van der Waals surface area contributed by atoms with E-state index in [2.05, 4.69) is 20.5 Å². The molecule has 152 valence electrons. The minimum Gasteiger partial charge on any atom is -0.360 e. The molecule has 0 fully saturated rings. The number of hydrogen-bond acceptors (Lipinski definition) is 5. The number of hydrogen-bond donors (Lipinski definition) is 2. The lowest BCUT2D eigenvalue weighted by molar-refractivity contribution is -0.117. The first-order valence-electron chi connectivity index (χ1n) is 9.44. The zero-order valence-electron chi connectivity index (χ0n) is 16.5. The van der Waals surface area contributed by atoms with Gasteiger partial charge in [-0.05, 0) is 32.0 Å². The molecule has 1 aromatic carbocycles. The molecular weight excluding hydrogens is 384 g/mol. The first-order chi connectivity index (χ1) is 14.4. The van der Waals surface area contributed by atoms with E-state index in [9.17, 15) is 14.4 Å². The van der Waals surface area contributed by atoms with Gasteiger partial charge in [-0.2, -0.15) is 5.10 Å². The van der Waals surface area contributed by atoms with Crippen LogP contribution >= 0.6 is 0 Å². The van der Waals surface area contributed by atoms with Crippen LogP contribution in [0.3, 0.4) is 0 Å². The number of aromatic nitrogens is 5. The molecule has 30 heavy (non-hydrogen) atoms. The molecule has 0 aliphatic carbocycles. The molecule has 0 bridgehead atoms. The van der Waals surface area contributed by atoms with E-state index >= 15 is 0 Å². The monoisotopic (exact) mass is 404 g/mol. The Morgan fingerprint density at radius 1 is 1.10 bits per heavy atom. The Bertz CT molecular complexity index is 1310. The minimum absolute atomic E-state index is 0.0837. The highest BCUT2D eigenvalue weighted by Gasteiger charge is 2.19. The van der Waals surface area contributed by atoms with Crippen molar-refractivity contribution < 1.29 is 9.59 Å². The van der Waals surface area contributed by atoms with Crippen molar-refractivity contribution in [3.8, 4) is 5.82 Å². The fourth-order valence-corrected chi connectivity index (χ4v) is 3.31. The van der Waals surface area contributed by atoms with E-state index in [1.807, 2.05) is 32.0 Å². The summed E-state index contributed by atoms with van der Waals surface area (Å²) in [7, 11) is 0. The van der Waals surface area contributed by atoms with E-state index in [-0.39, 0.29) is 18.6 Å². The van der Waals surface area contributed by atoms with Gasteiger partial charge in [-0.15, -0.1) is 5.10 Å². The summed E-state index contributed by atoms with van der Waals surface area (Å²) in [6, 6.07) is 12.2. The molecule has 0 unspecified atom stereocenters. The van der Waals surface area contributed by atoms with Crippen molar-refractivity contribution in [2.24, 2.45) is 0 Å². The summed E-state index contributed by atoms with van der Waals surface area (Å²) in [5, 5.41) is 11.9. The molecule has 3 aromatic heterocycles. The van der Waals surface area contributed by atoms with Gasteiger partial charge in [0.1, 0.15) is 0 Å². The van der Waals surface area contributed by atoms with Crippen LogP contribution < -0.4 is 10.9 Å². The van der Waals surface area contributed by atoms with Gasteiger partial charge in [0.25, 0.3) is 17.2 Å². The number of aromatic amines is 1. The highest BCUT2D eigenvalue weighted by atomic mass is 16.2. The number of carbonyl (C=O) groups is 2. The molecule has 9 nitrogen and oxygen atoms in total. The maximum absolute atomic E-state index is 12.5. The summed E-state index contributed by atoms with van der Waals surface area (Å²) in [4.78, 5) is 39.9. The Morgan fingerprint density at radius 2 is 1.90 bits per heavy atom. The molecule has 3 heterocycles. The van der Waals surface area contributed by atoms with Crippen molar-refractivity contribution >= 4 is 22.6 Å². The molecule has 1 amide bonds. The maximum Gasteiger partial charge on any atom is 0.292 e. The number of nitrogens with zero attached hydrogens (tertiary/aromatic N) is 4. The van der Waals surface area contributed by atoms with Crippen LogP contribution in [0.25, 0.3) is 16.7 Å². The first kappa shape index (κ1) is 19.3. The standard InChI is InChI=1S/C21H20N6O3/c1-13-11-14(2)27(24-13)18-7-8-19(28)26(25-18)10-9-22-21(30)20(29)16-12-23-17-6-4-3-5-15(16)17/h3-8,11-12,23H,9-10H2,1-2H3,(H,22,30). The number of benzene rings is 1. The highest BCUT2D eigenvalue weighted by molar-refractivity contribution is 6.44. The zero-order chi connectivity index (χ0) is 21.3. The second-order valence-corrected chi connectivity index (χ2v) is 6.92. The van der Waals surface area contributed by atoms with Crippen LogP contribution in [-0.2, 0) is 11.3 Å². The van der Waals surface area contributed by atoms with Crippen molar-refractivity contribution in [2.75, 3.05) is 6.54 Å². The predicted octanol–water partition coefficient (Wildman–Crippen LogP) is 1.53. The summed E-state index contributed by atoms with van der Waals surface area (Å²) in [6.45, 7) is 3.98. The third-order valence-corrected chi connectivity index (χ3v) is 4.73. The molecule has 0 aliphatic rings. The van der Waals surface area contributed by atoms with Crippen LogP contribution in [0, 0.1) is 13.8 Å². The van der Waals surface area contributed by atoms with Crippen LogP contribution in [0.2, 0.25) is 0 Å². The Morgan fingerprint density at radius 3 is 2.67 bits per heavy atom. The van der Waals surface area contributed by atoms with Gasteiger partial charge in [-0.3, -0.25) is 14.4 Å². The van der Waals surface area contributed by atoms with Crippen molar-refractivity contribution in [1.82, 2.24) is 29.9 Å². The van der Waals surface area contributed by atoms with Crippen LogP contribution in [0.5, 0.6) is 0 Å². The fourth-order valence-electron chi connectivity index (χ4n) is 3.31. The number of Topliss-reactive ketones (excluding diaryl/α,β-unsaturated/α-hetero) is 1. The molecule has 0 radical (unpaired) electrons. The number of para-hydroxylation sites is 1. The van der Waals surface area contributed by atoms with E-state index in [1.54, 1.807) is 22.9 Å². The van der Waals surface area contributed by atoms with E-state index < -0.39 is 11.7 Å². The van der Waals surface area contributed by atoms with Crippen molar-refractivity contribution in [1.29, 1.82) is 0 Å². The largest absolute Gasteiger partial charge is 0.360 e. The quantitative estimate of drug-likeness (QED) is 0.374. The molecule has 4 rings (SSSR count). The zero-order valence-corrected chi connectivity index (χ0v) is 16.5. The third-order valence-electron chi connectivity index (χ3n) is 4.73. The van der Waals surface area contributed by atoms with Gasteiger partial charge in [0.2, 0.25) is 0 Å². The summed E-state index contributed by atoms with van der Waals surface area (Å²) in [5.41, 5.74) is 2.52. The summed E-state index contributed by atoms with van der Waals surface area (Å²) in [6.07, 6.45) is 1.52. The molecular formula is C21H20N6O3. The topological polar surface area (TPSA) is 115 Å². The van der Waals surface area contributed by atoms with Crippen molar-refractivity contribution in [2.45, 2.75) is 20.4 Å². The van der Waals surface area contributed by atoms with Gasteiger partial charge in [0.15, 0.2) is 5.82 Å². The fraction of sp³-hybridized carbons (Fsp3) is 0.190. The predicted molar refractivity (Wildman–Crippen MR) is 111 cm³/mol. The average Bonchev–Trinajstić information content (AvgIpc) is 3.31. The Kier molecular flexibility index (Phi) is 5.01. The molecule has 0 aliphatic heterocycles. The number of aryl methyl sites for hydroxylation is 2. The second-order valence-electron chi connectivity index (χ2n) is 6.92. The van der Waals surface area contributed by atoms with E-state index in [4.69, 9.17) is 0 Å². The summed E-state index contributed by atoms with van der Waals surface area (Å²) < 4.78 is 2.88. The van der Waals surface area contributed by atoms with Gasteiger partial charge in [0, 0.05) is 35.4 Å². The van der Waals surface area contributed by atoms with Crippen LogP contribution in [0.4, 0.5) is 0 Å². The number of nitrogens with one attached hydrogen (secondary N) is 2. The van der Waals surface area contributed by atoms with E-state index in [1.165, 1.54) is 16.9 Å². The maximum atomic E-state index is 12.5. The molecule has 0 saturated heterocycles. The lowest BCUT2D eigenvalue weighted by atomic mass is 10.1. The van der Waals surface area contributed by atoms with Gasteiger partial charge in [-0.1, -0.05) is 18.2 Å². The smallest absolute Gasteiger partial charge is 0.292 e. The number of carbonyl (C=O) groups excluding carboxylic acids is 2. The SMILES string of the molecule is Cc1cc(C)n(-c2ccc(=O)n(CCNC(=O)C(=O)c3c[nH]c4ccccc34)n2)n1. The van der Waals surface area contributed by atoms with Gasteiger partial charge in [0.05, 0.1) is 17.8 Å². The third kappa shape index (κ3) is 3.64. The Balaban J connectivity index is 1.44. The molecule has 0 spiro atoms. The van der Waals surface area contributed by atoms with Gasteiger partial charge >= 0.3 is 0 Å². The normalized spacial score (nSPS) is 11.0. The Labute approximate surface area is 171 Å². The van der Waals surface area contributed by atoms with Crippen LogP contribution in [0.1, 0.15) is 21.7 Å². The molecule has 4 aromatic rings. The lowest BCUT2D eigenvalue weighted by Gasteiger charge is -2.09. The van der Waals surface area contributed by atoms with Crippen LogP contribution in [-0.4, -0.2) is 42.8 Å². The number of ketones is 1. The Hall–Kier alpha value is -4.01. The van der Waals surface area contributed by atoms with Gasteiger partial charge < -0.3 is 10.3 Å². The van der Waals surface area contributed by atoms with Gasteiger partial charge in [-0.25, -0.2) is 9.36 Å². The highest BCUT2D eigenvalue weighted by Crippen LogP contribution is 2.18. The second kappa shape index (κ2) is 7.78. The average molecular weight is 404 g/mol. The van der Waals surface area contributed by atoms with Crippen molar-refractivity contribution in [3.63, 3.8) is 0 Å². The summed E-state index contributed by atoms with van der Waals surface area (Å²) in [5.74, 6) is -0.868. The van der Waals surface area contributed by atoms with Crippen molar-refractivity contribution in [3.05, 3.63) is 76.0 Å². The minimum atomic E-state index is -0.734. The van der Waals surface area contributed by atoms with E-state index in [0.717, 1.165) is 16.9 Å².